The lowest BCUT2D eigenvalue weighted by molar-refractivity contribution is 0.146. The van der Waals surface area contributed by atoms with Gasteiger partial charge < -0.3 is 25.6 Å². The third kappa shape index (κ3) is 3.13. The van der Waals surface area contributed by atoms with Crippen molar-refractivity contribution in [3.63, 3.8) is 0 Å². The van der Waals surface area contributed by atoms with E-state index < -0.39 is 0 Å². The molecule has 5 heteroatoms. The Bertz CT molecular complexity index is 398. The van der Waals surface area contributed by atoms with Crippen molar-refractivity contribution in [1.29, 1.82) is 0 Å². The van der Waals surface area contributed by atoms with Gasteiger partial charge in [-0.3, -0.25) is 0 Å². The summed E-state index contributed by atoms with van der Waals surface area (Å²) in [5.41, 5.74) is 0.994. The third-order valence-electron chi connectivity index (χ3n) is 3.28. The van der Waals surface area contributed by atoms with Crippen molar-refractivity contribution in [1.82, 2.24) is 10.6 Å². The quantitative estimate of drug-likeness (QED) is 0.597. The van der Waals surface area contributed by atoms with Crippen molar-refractivity contribution in [3.8, 4) is 11.5 Å². The van der Waals surface area contributed by atoms with E-state index in [0.29, 0.717) is 18.8 Å². The van der Waals surface area contributed by atoms with Crippen LogP contribution in [0.4, 0.5) is 0 Å². The number of phenols is 1. The number of methoxy groups -OCH3 is 1. The second-order valence-electron chi connectivity index (χ2n) is 4.62. The van der Waals surface area contributed by atoms with E-state index in [1.165, 1.54) is 7.11 Å². The maximum absolute atomic E-state index is 9.64. The predicted octanol–water partition coefficient (Wildman–Crippen LogP) is 0.0707. The van der Waals surface area contributed by atoms with Crippen molar-refractivity contribution < 1.29 is 14.9 Å². The van der Waals surface area contributed by atoms with E-state index in [-0.39, 0.29) is 17.8 Å². The molecule has 1 saturated heterocycles. The number of β-amino-alcohol motifs (C(OH)–C–C–N with tert-alkyl or cyclic N) is 1. The molecule has 1 aliphatic heterocycles. The molecular formula is C13H20N2O3. The first-order valence-corrected chi connectivity index (χ1v) is 6.16. The summed E-state index contributed by atoms with van der Waals surface area (Å²) in [5, 5.41) is 25.7. The first kappa shape index (κ1) is 13.1. The van der Waals surface area contributed by atoms with Gasteiger partial charge in [-0.05, 0) is 17.7 Å². The number of phenolic OH excluding ortho intramolecular Hbond substituents is 1. The third-order valence-corrected chi connectivity index (χ3v) is 3.28. The fourth-order valence-corrected chi connectivity index (χ4v) is 2.17. The Kier molecular flexibility index (Phi) is 4.41. The zero-order valence-corrected chi connectivity index (χ0v) is 10.5. The highest BCUT2D eigenvalue weighted by molar-refractivity contribution is 5.41. The topological polar surface area (TPSA) is 73.8 Å². The van der Waals surface area contributed by atoms with E-state index in [1.807, 2.05) is 6.07 Å². The number of aliphatic hydroxyl groups excluding tert-OH is 1. The van der Waals surface area contributed by atoms with Crippen LogP contribution in [0.3, 0.4) is 0 Å². The van der Waals surface area contributed by atoms with Crippen LogP contribution in [0.2, 0.25) is 0 Å². The number of aromatic hydroxyl groups is 1. The van der Waals surface area contributed by atoms with E-state index in [9.17, 15) is 10.2 Å². The summed E-state index contributed by atoms with van der Waals surface area (Å²) < 4.78 is 4.99. The Balaban J connectivity index is 1.81. The van der Waals surface area contributed by atoms with Crippen molar-refractivity contribution in [2.24, 2.45) is 5.92 Å². The lowest BCUT2D eigenvalue weighted by Crippen LogP contribution is -2.30. The van der Waals surface area contributed by atoms with Gasteiger partial charge in [0.15, 0.2) is 11.5 Å². The van der Waals surface area contributed by atoms with Gasteiger partial charge >= 0.3 is 0 Å². The molecule has 4 N–H and O–H groups in total. The van der Waals surface area contributed by atoms with Crippen LogP contribution in [-0.2, 0) is 6.54 Å². The monoisotopic (exact) mass is 252 g/mol. The van der Waals surface area contributed by atoms with Crippen LogP contribution in [0.25, 0.3) is 0 Å². The molecule has 2 rings (SSSR count). The van der Waals surface area contributed by atoms with Gasteiger partial charge in [0.05, 0.1) is 13.2 Å². The van der Waals surface area contributed by atoms with Crippen molar-refractivity contribution >= 4 is 0 Å². The average Bonchev–Trinajstić information content (AvgIpc) is 2.75. The molecule has 100 valence electrons. The van der Waals surface area contributed by atoms with Crippen LogP contribution < -0.4 is 15.4 Å². The number of hydrogen-bond acceptors (Lipinski definition) is 5. The van der Waals surface area contributed by atoms with Gasteiger partial charge in [0.1, 0.15) is 0 Å². The van der Waals surface area contributed by atoms with Crippen LogP contribution in [-0.4, -0.2) is 43.1 Å². The molecule has 2 unspecified atom stereocenters. The van der Waals surface area contributed by atoms with Crippen molar-refractivity contribution in [2.45, 2.75) is 12.6 Å². The molecule has 1 aromatic rings. The van der Waals surface area contributed by atoms with Gasteiger partial charge in [-0.25, -0.2) is 0 Å². The van der Waals surface area contributed by atoms with Crippen LogP contribution in [0, 0.1) is 5.92 Å². The molecule has 0 bridgehead atoms. The smallest absolute Gasteiger partial charge is 0.160 e. The second kappa shape index (κ2) is 6.04. The van der Waals surface area contributed by atoms with Crippen molar-refractivity contribution in [2.75, 3.05) is 26.7 Å². The van der Waals surface area contributed by atoms with Crippen LogP contribution in [0.1, 0.15) is 5.56 Å². The highest BCUT2D eigenvalue weighted by Crippen LogP contribution is 2.26. The number of rotatable bonds is 5. The minimum atomic E-state index is -0.262. The molecule has 0 amide bonds. The van der Waals surface area contributed by atoms with Crippen LogP contribution in [0.5, 0.6) is 11.5 Å². The Hall–Kier alpha value is -1.30. The SMILES string of the molecule is COc1ccc(CNCC2CNCC2O)cc1O. The maximum Gasteiger partial charge on any atom is 0.160 e. The van der Waals surface area contributed by atoms with Crippen LogP contribution in [0.15, 0.2) is 18.2 Å². The molecule has 0 radical (unpaired) electrons. The molecule has 1 heterocycles. The zero-order valence-electron chi connectivity index (χ0n) is 10.5. The van der Waals surface area contributed by atoms with Gasteiger partial charge in [-0.2, -0.15) is 0 Å². The van der Waals surface area contributed by atoms with Crippen LogP contribution >= 0.6 is 0 Å². The van der Waals surface area contributed by atoms with Gasteiger partial charge in [0.2, 0.25) is 0 Å². The molecule has 5 nitrogen and oxygen atoms in total. The largest absolute Gasteiger partial charge is 0.504 e. The summed E-state index contributed by atoms with van der Waals surface area (Å²) in [7, 11) is 1.53. The number of benzene rings is 1. The lowest BCUT2D eigenvalue weighted by atomic mass is 10.1. The van der Waals surface area contributed by atoms with Gasteiger partial charge in [-0.1, -0.05) is 6.07 Å². The molecule has 1 aliphatic rings. The summed E-state index contributed by atoms with van der Waals surface area (Å²) in [6.07, 6.45) is -0.262. The lowest BCUT2D eigenvalue weighted by Gasteiger charge is -2.14. The molecule has 0 aromatic heterocycles. The van der Waals surface area contributed by atoms with Gasteiger partial charge in [0.25, 0.3) is 0 Å². The fraction of sp³-hybridized carbons (Fsp3) is 0.538. The highest BCUT2D eigenvalue weighted by Gasteiger charge is 2.23. The molecular weight excluding hydrogens is 232 g/mol. The first-order chi connectivity index (χ1) is 8.70. The summed E-state index contributed by atoms with van der Waals surface area (Å²) in [6, 6.07) is 5.35. The molecule has 1 fully saturated rings. The van der Waals surface area contributed by atoms with E-state index >= 15 is 0 Å². The normalized spacial score (nSPS) is 23.2. The Morgan fingerprint density at radius 1 is 1.44 bits per heavy atom. The number of hydrogen-bond donors (Lipinski definition) is 4. The summed E-state index contributed by atoms with van der Waals surface area (Å²) in [6.45, 7) is 2.96. The van der Waals surface area contributed by atoms with E-state index in [0.717, 1.165) is 18.7 Å². The molecule has 1 aromatic carbocycles. The standard InChI is InChI=1S/C13H20N2O3/c1-18-13-3-2-9(4-11(13)16)5-14-6-10-7-15-8-12(10)17/h2-4,10,12,14-17H,5-8H2,1H3. The minimum Gasteiger partial charge on any atom is -0.504 e. The van der Waals surface area contributed by atoms with Gasteiger partial charge in [0, 0.05) is 32.1 Å². The number of ether oxygens (including phenoxy) is 1. The van der Waals surface area contributed by atoms with E-state index in [1.54, 1.807) is 12.1 Å². The number of aliphatic hydroxyl groups is 1. The van der Waals surface area contributed by atoms with E-state index in [2.05, 4.69) is 10.6 Å². The molecule has 0 saturated carbocycles. The first-order valence-electron chi connectivity index (χ1n) is 6.16. The Morgan fingerprint density at radius 2 is 2.28 bits per heavy atom. The summed E-state index contributed by atoms with van der Waals surface area (Å²) in [4.78, 5) is 0. The van der Waals surface area contributed by atoms with E-state index in [4.69, 9.17) is 4.74 Å². The zero-order chi connectivity index (χ0) is 13.0. The minimum absolute atomic E-state index is 0.152. The fourth-order valence-electron chi connectivity index (χ4n) is 2.17. The van der Waals surface area contributed by atoms with Gasteiger partial charge in [-0.15, -0.1) is 0 Å². The predicted molar refractivity (Wildman–Crippen MR) is 68.7 cm³/mol. The second-order valence-corrected chi connectivity index (χ2v) is 4.62. The molecule has 18 heavy (non-hydrogen) atoms. The highest BCUT2D eigenvalue weighted by atomic mass is 16.5. The summed E-state index contributed by atoms with van der Waals surface area (Å²) in [5.74, 6) is 0.894. The molecule has 0 spiro atoms. The summed E-state index contributed by atoms with van der Waals surface area (Å²) >= 11 is 0. The van der Waals surface area contributed by atoms with Crippen molar-refractivity contribution in [3.05, 3.63) is 23.8 Å². The maximum atomic E-state index is 9.64. The number of nitrogens with one attached hydrogen (secondary N) is 2. The Morgan fingerprint density at radius 3 is 2.89 bits per heavy atom. The molecule has 2 atom stereocenters. The molecule has 0 aliphatic carbocycles. The average molecular weight is 252 g/mol. The Labute approximate surface area is 107 Å².